The van der Waals surface area contributed by atoms with Gasteiger partial charge < -0.3 is 10.8 Å². The van der Waals surface area contributed by atoms with E-state index < -0.39 is 5.60 Å². The van der Waals surface area contributed by atoms with Gasteiger partial charge in [0.15, 0.2) is 0 Å². The van der Waals surface area contributed by atoms with Crippen molar-refractivity contribution in [2.45, 2.75) is 30.9 Å². The molecule has 2 heterocycles. The van der Waals surface area contributed by atoms with Crippen LogP contribution < -0.4 is 5.73 Å². The Labute approximate surface area is 127 Å². The van der Waals surface area contributed by atoms with Crippen LogP contribution in [0.3, 0.4) is 0 Å². The molecule has 0 amide bonds. The lowest BCUT2D eigenvalue weighted by Crippen LogP contribution is -2.48. The highest BCUT2D eigenvalue weighted by Gasteiger charge is 2.34. The maximum absolute atomic E-state index is 11.0. The van der Waals surface area contributed by atoms with Gasteiger partial charge in [-0.15, -0.1) is 0 Å². The second-order valence-corrected chi connectivity index (χ2v) is 6.52. The zero-order chi connectivity index (χ0) is 14.7. The molecule has 4 heteroatoms. The van der Waals surface area contributed by atoms with E-state index in [4.69, 9.17) is 5.73 Å². The predicted octanol–water partition coefficient (Wildman–Crippen LogP) is 1.00. The largest absolute Gasteiger partial charge is 0.382 e. The second kappa shape index (κ2) is 6.44. The molecular formula is C17H27N3O. The van der Waals surface area contributed by atoms with Crippen LogP contribution in [0.1, 0.15) is 24.8 Å². The van der Waals surface area contributed by atoms with Crippen molar-refractivity contribution in [2.75, 3.05) is 39.3 Å². The molecule has 2 fully saturated rings. The summed E-state index contributed by atoms with van der Waals surface area (Å²) in [6, 6.07) is 10.5. The summed E-state index contributed by atoms with van der Waals surface area (Å²) in [4.78, 5) is 5.03. The molecule has 4 nitrogen and oxygen atoms in total. The number of benzene rings is 1. The Bertz CT molecular complexity index is 453. The number of nitrogens with two attached hydrogens (primary N) is 1. The number of fused-ring (bicyclic) bond motifs is 1. The number of hydrogen-bond donors (Lipinski definition) is 2. The van der Waals surface area contributed by atoms with Gasteiger partial charge in [0.05, 0.1) is 0 Å². The first kappa shape index (κ1) is 15.0. The molecule has 116 valence electrons. The van der Waals surface area contributed by atoms with E-state index in [1.807, 2.05) is 30.3 Å². The first-order valence-corrected chi connectivity index (χ1v) is 8.16. The molecule has 3 N–H and O–H groups in total. The Kier molecular flexibility index (Phi) is 4.60. The van der Waals surface area contributed by atoms with E-state index in [2.05, 4.69) is 9.80 Å². The first-order chi connectivity index (χ1) is 10.2. The van der Waals surface area contributed by atoms with Gasteiger partial charge in [-0.1, -0.05) is 30.3 Å². The van der Waals surface area contributed by atoms with Crippen LogP contribution in [-0.2, 0) is 5.60 Å². The molecule has 2 saturated heterocycles. The molecule has 0 saturated carbocycles. The molecule has 0 aromatic heterocycles. The summed E-state index contributed by atoms with van der Waals surface area (Å²) < 4.78 is 0. The maximum Gasteiger partial charge on any atom is 0.114 e. The van der Waals surface area contributed by atoms with Gasteiger partial charge in [-0.05, 0) is 44.5 Å². The van der Waals surface area contributed by atoms with E-state index in [0.717, 1.165) is 18.7 Å². The Morgan fingerprint density at radius 2 is 1.90 bits per heavy atom. The van der Waals surface area contributed by atoms with Crippen LogP contribution in [0.4, 0.5) is 0 Å². The molecule has 21 heavy (non-hydrogen) atoms. The average molecular weight is 289 g/mol. The monoisotopic (exact) mass is 289 g/mol. The third kappa shape index (κ3) is 3.29. The summed E-state index contributed by atoms with van der Waals surface area (Å²) in [6.45, 7) is 5.48. The van der Waals surface area contributed by atoms with Crippen molar-refractivity contribution in [1.29, 1.82) is 0 Å². The van der Waals surface area contributed by atoms with Crippen molar-refractivity contribution in [3.8, 4) is 0 Å². The maximum atomic E-state index is 11.0. The van der Waals surface area contributed by atoms with Crippen LogP contribution in [-0.4, -0.2) is 60.2 Å². The topological polar surface area (TPSA) is 52.7 Å². The minimum Gasteiger partial charge on any atom is -0.382 e. The third-order valence-electron chi connectivity index (χ3n) is 5.02. The molecule has 2 aliphatic rings. The molecule has 2 aliphatic heterocycles. The normalized spacial score (nSPS) is 27.0. The van der Waals surface area contributed by atoms with Crippen LogP contribution in [0.5, 0.6) is 0 Å². The van der Waals surface area contributed by atoms with Crippen LogP contribution in [0.25, 0.3) is 0 Å². The number of β-amino-alcohol motifs (C(OH)–C–C–N with tert-alkyl or cyclic N) is 1. The van der Waals surface area contributed by atoms with Crippen LogP contribution in [0.2, 0.25) is 0 Å². The minimum absolute atomic E-state index is 0.266. The number of hydrogen-bond acceptors (Lipinski definition) is 4. The summed E-state index contributed by atoms with van der Waals surface area (Å²) in [5.41, 5.74) is 5.91. The fraction of sp³-hybridized carbons (Fsp3) is 0.647. The number of nitrogens with zero attached hydrogens (tertiary/aromatic N) is 2. The van der Waals surface area contributed by atoms with Gasteiger partial charge in [0, 0.05) is 25.7 Å². The standard InChI is InChI=1S/C17H27N3O/c18-13-17(21,15-6-2-1-3-7-15)14-19-9-5-11-20-10-4-8-16(20)12-19/h1-3,6-7,16,21H,4-5,8-14,18H2. The SMILES string of the molecule is NCC(O)(CN1CCCN2CCCC2C1)c1ccccc1. The van der Waals surface area contributed by atoms with Crippen molar-refractivity contribution in [3.63, 3.8) is 0 Å². The minimum atomic E-state index is -0.935. The first-order valence-electron chi connectivity index (χ1n) is 8.16. The Balaban J connectivity index is 1.71. The predicted molar refractivity (Wildman–Crippen MR) is 85.0 cm³/mol. The van der Waals surface area contributed by atoms with Gasteiger partial charge in [-0.2, -0.15) is 0 Å². The lowest BCUT2D eigenvalue weighted by molar-refractivity contribution is 0.00531. The molecule has 2 atom stereocenters. The lowest BCUT2D eigenvalue weighted by Gasteiger charge is -2.34. The van der Waals surface area contributed by atoms with E-state index in [9.17, 15) is 5.11 Å². The average Bonchev–Trinajstić information content (AvgIpc) is 2.87. The molecule has 0 radical (unpaired) electrons. The third-order valence-corrected chi connectivity index (χ3v) is 5.02. The van der Waals surface area contributed by atoms with Crippen molar-refractivity contribution in [2.24, 2.45) is 5.73 Å². The van der Waals surface area contributed by atoms with Gasteiger partial charge >= 0.3 is 0 Å². The molecule has 3 rings (SSSR count). The highest BCUT2D eigenvalue weighted by atomic mass is 16.3. The quantitative estimate of drug-likeness (QED) is 0.868. The van der Waals surface area contributed by atoms with E-state index in [1.165, 1.54) is 32.4 Å². The van der Waals surface area contributed by atoms with Crippen LogP contribution in [0, 0.1) is 0 Å². The fourth-order valence-electron chi connectivity index (χ4n) is 3.82. The number of aliphatic hydroxyl groups is 1. The molecule has 2 unspecified atom stereocenters. The van der Waals surface area contributed by atoms with Crippen molar-refractivity contribution in [3.05, 3.63) is 35.9 Å². The van der Waals surface area contributed by atoms with Crippen molar-refractivity contribution >= 4 is 0 Å². The Morgan fingerprint density at radius 3 is 2.67 bits per heavy atom. The van der Waals surface area contributed by atoms with E-state index >= 15 is 0 Å². The van der Waals surface area contributed by atoms with Crippen molar-refractivity contribution < 1.29 is 5.11 Å². The summed E-state index contributed by atoms with van der Waals surface area (Å²) in [5, 5.41) is 11.0. The molecule has 1 aromatic carbocycles. The van der Waals surface area contributed by atoms with Gasteiger partial charge in [-0.25, -0.2) is 0 Å². The summed E-state index contributed by atoms with van der Waals surface area (Å²) in [6.07, 6.45) is 3.80. The Morgan fingerprint density at radius 1 is 1.14 bits per heavy atom. The molecule has 0 aliphatic carbocycles. The van der Waals surface area contributed by atoms with Gasteiger partial charge in [-0.3, -0.25) is 9.80 Å². The second-order valence-electron chi connectivity index (χ2n) is 6.52. The van der Waals surface area contributed by atoms with Crippen LogP contribution in [0.15, 0.2) is 30.3 Å². The highest BCUT2D eigenvalue weighted by molar-refractivity contribution is 5.23. The van der Waals surface area contributed by atoms with Crippen molar-refractivity contribution in [1.82, 2.24) is 9.80 Å². The summed E-state index contributed by atoms with van der Waals surface area (Å²) >= 11 is 0. The van der Waals surface area contributed by atoms with E-state index in [1.54, 1.807) is 0 Å². The Hall–Kier alpha value is -0.940. The smallest absolute Gasteiger partial charge is 0.114 e. The zero-order valence-corrected chi connectivity index (χ0v) is 12.7. The summed E-state index contributed by atoms with van der Waals surface area (Å²) in [5.74, 6) is 0. The zero-order valence-electron chi connectivity index (χ0n) is 12.7. The lowest BCUT2D eigenvalue weighted by atomic mass is 9.93. The molecular weight excluding hydrogens is 262 g/mol. The van der Waals surface area contributed by atoms with Gasteiger partial charge in [0.25, 0.3) is 0 Å². The number of rotatable bonds is 4. The highest BCUT2D eigenvalue weighted by Crippen LogP contribution is 2.25. The summed E-state index contributed by atoms with van der Waals surface area (Å²) in [7, 11) is 0. The van der Waals surface area contributed by atoms with E-state index in [-0.39, 0.29) is 6.54 Å². The van der Waals surface area contributed by atoms with Gasteiger partial charge in [0.1, 0.15) is 5.60 Å². The van der Waals surface area contributed by atoms with Gasteiger partial charge in [0.2, 0.25) is 0 Å². The molecule has 0 bridgehead atoms. The fourth-order valence-corrected chi connectivity index (χ4v) is 3.82. The molecule has 1 aromatic rings. The van der Waals surface area contributed by atoms with Crippen LogP contribution >= 0.6 is 0 Å². The molecule has 0 spiro atoms. The van der Waals surface area contributed by atoms with E-state index in [0.29, 0.717) is 12.6 Å².